The first kappa shape index (κ1) is 13.6. The molecule has 0 rings (SSSR count). The van der Waals surface area contributed by atoms with Crippen molar-refractivity contribution >= 4 is 21.7 Å². The highest BCUT2D eigenvalue weighted by Crippen LogP contribution is 2.05. The number of amidine groups is 1. The minimum absolute atomic E-state index is 0.312. The Morgan fingerprint density at radius 3 is 2.27 bits per heavy atom. The van der Waals surface area contributed by atoms with Gasteiger partial charge in [-0.25, -0.2) is 18.4 Å². The molecule has 0 radical (unpaired) electrons. The normalized spacial score (nSPS) is 14.2. The van der Waals surface area contributed by atoms with Gasteiger partial charge in [0.05, 0.1) is 0 Å². The molecule has 0 fully saturated rings. The fourth-order valence-corrected chi connectivity index (χ4v) is 1.26. The zero-order valence-electron chi connectivity index (χ0n) is 9.11. The van der Waals surface area contributed by atoms with Crippen molar-refractivity contribution in [2.45, 2.75) is 6.92 Å². The lowest BCUT2D eigenvalue weighted by Gasteiger charge is -2.04. The summed E-state index contributed by atoms with van der Waals surface area (Å²) < 4.78 is 22.4. The summed E-state index contributed by atoms with van der Waals surface area (Å²) in [6.07, 6.45) is 2.59. The molecule has 0 heterocycles. The Morgan fingerprint density at radius 2 is 2.00 bits per heavy atom. The van der Waals surface area contributed by atoms with Crippen LogP contribution in [0.25, 0.3) is 0 Å². The lowest BCUT2D eigenvalue weighted by Crippen LogP contribution is -2.14. The lowest BCUT2D eigenvalue weighted by molar-refractivity contribution is 0.612. The molecule has 5 nitrogen and oxygen atoms in total. The van der Waals surface area contributed by atoms with Crippen LogP contribution in [-0.4, -0.2) is 33.6 Å². The predicted molar refractivity (Wildman–Crippen MR) is 63.8 cm³/mol. The summed E-state index contributed by atoms with van der Waals surface area (Å²) in [5.74, 6) is 0.401. The summed E-state index contributed by atoms with van der Waals surface area (Å²) in [5, 5.41) is 2.45. The van der Waals surface area contributed by atoms with Crippen LogP contribution in [0.1, 0.15) is 6.92 Å². The average Bonchev–Trinajstić information content (AvgIpc) is 2.16. The Morgan fingerprint density at radius 1 is 1.47 bits per heavy atom. The molecule has 0 bridgehead atoms. The highest BCUT2D eigenvalue weighted by Gasteiger charge is 2.12. The molecule has 0 spiro atoms. The molecule has 1 N–H and O–H groups in total. The third-order valence-electron chi connectivity index (χ3n) is 1.59. The molecular weight excluding hydrogens is 214 g/mol. The van der Waals surface area contributed by atoms with Gasteiger partial charge in [0.15, 0.2) is 0 Å². The molecule has 0 aromatic rings. The van der Waals surface area contributed by atoms with Gasteiger partial charge in [-0.05, 0) is 19.2 Å². The summed E-state index contributed by atoms with van der Waals surface area (Å²) in [5.41, 5.74) is 0.724. The Kier molecular flexibility index (Phi) is 4.93. The number of hydrogen-bond donors (Lipinski definition) is 1. The molecule has 0 aliphatic heterocycles. The molecule has 0 aliphatic rings. The monoisotopic (exact) mass is 229 g/mol. The molecule has 15 heavy (non-hydrogen) atoms. The lowest BCUT2D eigenvalue weighted by atomic mass is 10.3. The van der Waals surface area contributed by atoms with Crippen molar-refractivity contribution in [3.05, 3.63) is 24.0 Å². The second-order valence-electron chi connectivity index (χ2n) is 2.81. The van der Waals surface area contributed by atoms with Crippen LogP contribution in [-0.2, 0) is 9.84 Å². The molecule has 0 saturated heterocycles. The van der Waals surface area contributed by atoms with Crippen molar-refractivity contribution < 1.29 is 8.42 Å². The number of allylic oxidation sites excluding steroid dienone is 2. The van der Waals surface area contributed by atoms with Crippen molar-refractivity contribution in [1.82, 2.24) is 5.32 Å². The summed E-state index contributed by atoms with van der Waals surface area (Å²) >= 11 is 0. The maximum Gasteiger partial charge on any atom is 0.248 e. The van der Waals surface area contributed by atoms with Crippen LogP contribution < -0.4 is 5.32 Å². The second-order valence-corrected chi connectivity index (χ2v) is 4.72. The Bertz CT molecular complexity index is 419. The van der Waals surface area contributed by atoms with E-state index in [-0.39, 0.29) is 5.17 Å². The number of hydrogen-bond acceptors (Lipinski definition) is 4. The van der Waals surface area contributed by atoms with E-state index in [2.05, 4.69) is 28.6 Å². The molecule has 0 amide bonds. The predicted octanol–water partition coefficient (Wildman–Crippen LogP) is 0.724. The first-order valence-electron chi connectivity index (χ1n) is 4.13. The first-order valence-corrected chi connectivity index (χ1v) is 6.02. The largest absolute Gasteiger partial charge is 0.373 e. The molecule has 84 valence electrons. The molecular formula is C9H15N3O2S. The van der Waals surface area contributed by atoms with Gasteiger partial charge in [0.1, 0.15) is 5.82 Å². The minimum Gasteiger partial charge on any atom is -0.373 e. The highest BCUT2D eigenvalue weighted by atomic mass is 32.2. The van der Waals surface area contributed by atoms with Crippen molar-refractivity contribution in [3.63, 3.8) is 0 Å². The third kappa shape index (κ3) is 4.07. The summed E-state index contributed by atoms with van der Waals surface area (Å²) in [6.45, 7) is 8.48. The van der Waals surface area contributed by atoms with Crippen LogP contribution in [0.15, 0.2) is 34.0 Å². The molecule has 0 atom stereocenters. The van der Waals surface area contributed by atoms with Gasteiger partial charge in [0.25, 0.3) is 0 Å². The van der Waals surface area contributed by atoms with Crippen LogP contribution in [0.3, 0.4) is 0 Å². The van der Waals surface area contributed by atoms with Gasteiger partial charge in [-0.2, -0.15) is 0 Å². The summed E-state index contributed by atoms with van der Waals surface area (Å²) in [6, 6.07) is 0. The maximum absolute atomic E-state index is 11.2. The van der Waals surface area contributed by atoms with Gasteiger partial charge in [-0.1, -0.05) is 12.7 Å². The van der Waals surface area contributed by atoms with E-state index in [9.17, 15) is 8.42 Å². The minimum atomic E-state index is -3.45. The summed E-state index contributed by atoms with van der Waals surface area (Å²) in [7, 11) is -1.82. The Labute approximate surface area is 90.2 Å². The number of rotatable bonds is 3. The first-order chi connectivity index (χ1) is 6.86. The van der Waals surface area contributed by atoms with Crippen molar-refractivity contribution in [2.75, 3.05) is 13.3 Å². The van der Waals surface area contributed by atoms with E-state index in [1.54, 1.807) is 20.0 Å². The van der Waals surface area contributed by atoms with Crippen LogP contribution >= 0.6 is 0 Å². The molecule has 0 aliphatic carbocycles. The van der Waals surface area contributed by atoms with Gasteiger partial charge in [0.2, 0.25) is 15.0 Å². The van der Waals surface area contributed by atoms with E-state index in [1.165, 1.54) is 0 Å². The topological polar surface area (TPSA) is 70.9 Å². The van der Waals surface area contributed by atoms with Crippen LogP contribution in [0.2, 0.25) is 0 Å². The van der Waals surface area contributed by atoms with E-state index in [4.69, 9.17) is 0 Å². The molecule has 0 saturated carbocycles. The number of nitrogens with one attached hydrogen (secondary N) is 1. The molecule has 0 aromatic heterocycles. The van der Waals surface area contributed by atoms with E-state index in [0.29, 0.717) is 5.82 Å². The third-order valence-corrected chi connectivity index (χ3v) is 2.47. The fourth-order valence-electron chi connectivity index (χ4n) is 0.769. The molecule has 0 unspecified atom stereocenters. The zero-order chi connectivity index (χ0) is 12.1. The fraction of sp³-hybridized carbons (Fsp3) is 0.333. The van der Waals surface area contributed by atoms with Crippen molar-refractivity contribution in [1.29, 1.82) is 0 Å². The van der Waals surface area contributed by atoms with E-state index >= 15 is 0 Å². The van der Waals surface area contributed by atoms with Crippen LogP contribution in [0.4, 0.5) is 0 Å². The van der Waals surface area contributed by atoms with Gasteiger partial charge in [0, 0.05) is 13.3 Å². The summed E-state index contributed by atoms with van der Waals surface area (Å²) in [4.78, 5) is 7.22. The van der Waals surface area contributed by atoms with E-state index < -0.39 is 9.84 Å². The van der Waals surface area contributed by atoms with E-state index in [0.717, 1.165) is 11.8 Å². The highest BCUT2D eigenvalue weighted by molar-refractivity contribution is 8.05. The van der Waals surface area contributed by atoms with Gasteiger partial charge < -0.3 is 5.32 Å². The van der Waals surface area contributed by atoms with Gasteiger partial charge in [-0.3, -0.25) is 0 Å². The van der Waals surface area contributed by atoms with Crippen molar-refractivity contribution in [2.24, 2.45) is 9.98 Å². The van der Waals surface area contributed by atoms with E-state index in [1.807, 2.05) is 0 Å². The standard InChI is InChI=1S/C9H15N3O2S/c1-6-7(2)8(10-3)12-9(11-4)15(5,13)14/h6,10H,1,4H2,2-3,5H3/b8-7+,12-9+. The molecule has 6 heteroatoms. The molecule has 0 aromatic carbocycles. The Hall–Kier alpha value is -1.43. The SMILES string of the molecule is C=C/C(C)=C(/N=C(\N=C)S(C)(=O)=O)NC. The zero-order valence-corrected chi connectivity index (χ0v) is 9.93. The maximum atomic E-state index is 11.2. The smallest absolute Gasteiger partial charge is 0.248 e. The number of sulfone groups is 1. The average molecular weight is 229 g/mol. The Balaban J connectivity index is 5.52. The van der Waals surface area contributed by atoms with Gasteiger partial charge >= 0.3 is 0 Å². The number of nitrogens with zero attached hydrogens (tertiary/aromatic N) is 2. The van der Waals surface area contributed by atoms with Crippen LogP contribution in [0.5, 0.6) is 0 Å². The van der Waals surface area contributed by atoms with Gasteiger partial charge in [-0.15, -0.1) is 0 Å². The van der Waals surface area contributed by atoms with Crippen LogP contribution in [0, 0.1) is 0 Å². The second kappa shape index (κ2) is 5.45. The quantitative estimate of drug-likeness (QED) is 0.440. The number of aliphatic imine (C=N–C) groups is 2. The van der Waals surface area contributed by atoms with Crippen molar-refractivity contribution in [3.8, 4) is 0 Å².